The number of aryl methyl sites for hydroxylation is 1. The van der Waals surface area contributed by atoms with E-state index < -0.39 is 0 Å². The van der Waals surface area contributed by atoms with Gasteiger partial charge in [0.2, 0.25) is 5.95 Å². The van der Waals surface area contributed by atoms with Crippen LogP contribution in [0.5, 0.6) is 0 Å². The number of hydrogen-bond donors (Lipinski definition) is 3. The Morgan fingerprint density at radius 2 is 1.90 bits per heavy atom. The van der Waals surface area contributed by atoms with E-state index in [0.29, 0.717) is 6.54 Å². The van der Waals surface area contributed by atoms with Crippen molar-refractivity contribution in [3.63, 3.8) is 0 Å². The Balaban J connectivity index is 2.14. The predicted molar refractivity (Wildman–Crippen MR) is 82.1 cm³/mol. The standard InChI is InChI=1S/C15H16N6/c1-9-13(12-7-18-15(17)19-8-12)14(21-20-9)11-4-2-3-10(5-11)6-16/h2-5,7-8H,6,16H2,1H3,(H,20,21)(H2,17,18,19). The zero-order valence-electron chi connectivity index (χ0n) is 11.7. The molecule has 3 aromatic rings. The zero-order chi connectivity index (χ0) is 14.8. The average molecular weight is 280 g/mol. The van der Waals surface area contributed by atoms with E-state index in [2.05, 4.69) is 26.2 Å². The fourth-order valence-electron chi connectivity index (χ4n) is 2.32. The highest BCUT2D eigenvalue weighted by Crippen LogP contribution is 2.32. The van der Waals surface area contributed by atoms with Crippen molar-refractivity contribution in [2.75, 3.05) is 5.73 Å². The predicted octanol–water partition coefficient (Wildman–Crippen LogP) is 1.88. The van der Waals surface area contributed by atoms with Crippen molar-refractivity contribution in [1.29, 1.82) is 0 Å². The van der Waals surface area contributed by atoms with Crippen LogP contribution in [-0.2, 0) is 6.54 Å². The third kappa shape index (κ3) is 2.48. The molecule has 21 heavy (non-hydrogen) atoms. The molecule has 0 radical (unpaired) electrons. The van der Waals surface area contributed by atoms with Crippen LogP contribution >= 0.6 is 0 Å². The lowest BCUT2D eigenvalue weighted by Gasteiger charge is -2.06. The summed E-state index contributed by atoms with van der Waals surface area (Å²) in [6.45, 7) is 2.44. The minimum atomic E-state index is 0.256. The molecule has 3 rings (SSSR count). The Labute approximate surface area is 122 Å². The van der Waals surface area contributed by atoms with Crippen LogP contribution in [0.15, 0.2) is 36.7 Å². The molecule has 0 amide bonds. The van der Waals surface area contributed by atoms with Crippen molar-refractivity contribution < 1.29 is 0 Å². The lowest BCUT2D eigenvalue weighted by molar-refractivity contribution is 1.05. The van der Waals surface area contributed by atoms with Crippen molar-refractivity contribution in [2.45, 2.75) is 13.5 Å². The lowest BCUT2D eigenvalue weighted by atomic mass is 10.00. The van der Waals surface area contributed by atoms with Gasteiger partial charge in [-0.15, -0.1) is 0 Å². The van der Waals surface area contributed by atoms with Gasteiger partial charge in [0.15, 0.2) is 0 Å². The summed E-state index contributed by atoms with van der Waals surface area (Å²) >= 11 is 0. The fourth-order valence-corrected chi connectivity index (χ4v) is 2.32. The summed E-state index contributed by atoms with van der Waals surface area (Å²) in [5.74, 6) is 0.256. The molecule has 0 aliphatic carbocycles. The molecule has 0 bridgehead atoms. The summed E-state index contributed by atoms with van der Waals surface area (Å²) in [4.78, 5) is 8.10. The van der Waals surface area contributed by atoms with E-state index in [1.807, 2.05) is 25.1 Å². The molecule has 6 heteroatoms. The number of nitrogen functional groups attached to an aromatic ring is 1. The molecule has 0 saturated carbocycles. The molecule has 0 atom stereocenters. The third-order valence-electron chi connectivity index (χ3n) is 3.36. The van der Waals surface area contributed by atoms with Gasteiger partial charge in [-0.3, -0.25) is 5.10 Å². The molecule has 5 N–H and O–H groups in total. The lowest BCUT2D eigenvalue weighted by Crippen LogP contribution is -1.96. The molecule has 0 aliphatic heterocycles. The summed E-state index contributed by atoms with van der Waals surface area (Å²) in [7, 11) is 0. The summed E-state index contributed by atoms with van der Waals surface area (Å²) in [5.41, 5.74) is 17.0. The number of hydrogen-bond acceptors (Lipinski definition) is 5. The monoisotopic (exact) mass is 280 g/mol. The second-order valence-corrected chi connectivity index (χ2v) is 4.79. The van der Waals surface area contributed by atoms with Gasteiger partial charge in [-0.05, 0) is 18.6 Å². The summed E-state index contributed by atoms with van der Waals surface area (Å²) in [5, 5.41) is 7.38. The highest BCUT2D eigenvalue weighted by molar-refractivity contribution is 5.82. The van der Waals surface area contributed by atoms with Crippen LogP contribution in [0.3, 0.4) is 0 Å². The number of nitrogens with two attached hydrogens (primary N) is 2. The third-order valence-corrected chi connectivity index (χ3v) is 3.36. The average Bonchev–Trinajstić information content (AvgIpc) is 2.90. The van der Waals surface area contributed by atoms with Crippen LogP contribution < -0.4 is 11.5 Å². The quantitative estimate of drug-likeness (QED) is 0.679. The second-order valence-electron chi connectivity index (χ2n) is 4.79. The van der Waals surface area contributed by atoms with Gasteiger partial charge in [-0.2, -0.15) is 5.10 Å². The van der Waals surface area contributed by atoms with Gasteiger partial charge in [0.1, 0.15) is 0 Å². The van der Waals surface area contributed by atoms with Gasteiger partial charge < -0.3 is 11.5 Å². The number of anilines is 1. The van der Waals surface area contributed by atoms with Gasteiger partial charge in [0.05, 0.1) is 11.4 Å². The minimum Gasteiger partial charge on any atom is -0.368 e. The number of nitrogens with one attached hydrogen (secondary N) is 1. The van der Waals surface area contributed by atoms with E-state index in [9.17, 15) is 0 Å². The Morgan fingerprint density at radius 1 is 1.14 bits per heavy atom. The molecule has 1 aromatic carbocycles. The maximum atomic E-state index is 5.71. The first-order valence-corrected chi connectivity index (χ1v) is 6.61. The molecule has 6 nitrogen and oxygen atoms in total. The van der Waals surface area contributed by atoms with Crippen LogP contribution in [0.4, 0.5) is 5.95 Å². The van der Waals surface area contributed by atoms with Crippen molar-refractivity contribution in [1.82, 2.24) is 20.2 Å². The van der Waals surface area contributed by atoms with Gasteiger partial charge in [0.25, 0.3) is 0 Å². The van der Waals surface area contributed by atoms with E-state index in [1.54, 1.807) is 12.4 Å². The fraction of sp³-hybridized carbons (Fsp3) is 0.133. The zero-order valence-corrected chi connectivity index (χ0v) is 11.7. The molecule has 0 saturated heterocycles. The molecule has 0 unspecified atom stereocenters. The molecule has 2 aromatic heterocycles. The highest BCUT2D eigenvalue weighted by atomic mass is 15.1. The first-order valence-electron chi connectivity index (χ1n) is 6.61. The van der Waals surface area contributed by atoms with Crippen molar-refractivity contribution in [3.05, 3.63) is 47.9 Å². The molecule has 2 heterocycles. The highest BCUT2D eigenvalue weighted by Gasteiger charge is 2.14. The maximum absolute atomic E-state index is 5.71. The van der Waals surface area contributed by atoms with E-state index in [1.165, 1.54) is 0 Å². The molecular weight excluding hydrogens is 264 g/mol. The Hall–Kier alpha value is -2.73. The molecular formula is C15H16N6. The van der Waals surface area contributed by atoms with Crippen molar-refractivity contribution in [3.8, 4) is 22.4 Å². The number of aromatic nitrogens is 4. The second kappa shape index (κ2) is 5.34. The van der Waals surface area contributed by atoms with E-state index in [0.717, 1.165) is 33.6 Å². The Morgan fingerprint density at radius 3 is 2.62 bits per heavy atom. The minimum absolute atomic E-state index is 0.256. The largest absolute Gasteiger partial charge is 0.368 e. The smallest absolute Gasteiger partial charge is 0.219 e. The van der Waals surface area contributed by atoms with E-state index in [4.69, 9.17) is 11.5 Å². The summed E-state index contributed by atoms with van der Waals surface area (Å²) in [6, 6.07) is 8.05. The first-order chi connectivity index (χ1) is 10.2. The number of rotatable bonds is 3. The maximum Gasteiger partial charge on any atom is 0.219 e. The normalized spacial score (nSPS) is 10.8. The van der Waals surface area contributed by atoms with E-state index in [-0.39, 0.29) is 5.95 Å². The number of H-pyrrole nitrogens is 1. The SMILES string of the molecule is Cc1n[nH]c(-c2cccc(CN)c2)c1-c1cnc(N)nc1. The molecule has 0 spiro atoms. The van der Waals surface area contributed by atoms with Gasteiger partial charge >= 0.3 is 0 Å². The van der Waals surface area contributed by atoms with Crippen molar-refractivity contribution in [2.24, 2.45) is 5.73 Å². The first kappa shape index (κ1) is 13.3. The van der Waals surface area contributed by atoms with Crippen LogP contribution in [0.2, 0.25) is 0 Å². The molecule has 0 fully saturated rings. The number of aromatic amines is 1. The molecule has 106 valence electrons. The van der Waals surface area contributed by atoms with Crippen LogP contribution in [0, 0.1) is 6.92 Å². The van der Waals surface area contributed by atoms with E-state index >= 15 is 0 Å². The Kier molecular flexibility index (Phi) is 3.37. The Bertz CT molecular complexity index is 760. The number of benzene rings is 1. The van der Waals surface area contributed by atoms with Crippen LogP contribution in [-0.4, -0.2) is 20.2 Å². The number of nitrogens with zero attached hydrogens (tertiary/aromatic N) is 3. The van der Waals surface area contributed by atoms with Gasteiger partial charge in [-0.25, -0.2) is 9.97 Å². The van der Waals surface area contributed by atoms with Crippen LogP contribution in [0.25, 0.3) is 22.4 Å². The van der Waals surface area contributed by atoms with Crippen molar-refractivity contribution >= 4 is 5.95 Å². The van der Waals surface area contributed by atoms with Crippen LogP contribution in [0.1, 0.15) is 11.3 Å². The van der Waals surface area contributed by atoms with Gasteiger partial charge in [0, 0.05) is 35.6 Å². The summed E-state index contributed by atoms with van der Waals surface area (Å²) < 4.78 is 0. The van der Waals surface area contributed by atoms with Gasteiger partial charge in [-0.1, -0.05) is 18.2 Å². The topological polar surface area (TPSA) is 106 Å². The molecule has 0 aliphatic rings. The summed E-state index contributed by atoms with van der Waals surface area (Å²) in [6.07, 6.45) is 3.41.